The van der Waals surface area contributed by atoms with Gasteiger partial charge in [0.15, 0.2) is 0 Å². The van der Waals surface area contributed by atoms with Gasteiger partial charge in [-0.05, 0) is 68.0 Å². The molecular formula is C15H21NS. The first-order valence-corrected chi connectivity index (χ1v) is 7.99. The highest BCUT2D eigenvalue weighted by Crippen LogP contribution is 2.35. The van der Waals surface area contributed by atoms with E-state index in [4.69, 9.17) is 0 Å². The van der Waals surface area contributed by atoms with Gasteiger partial charge < -0.3 is 5.32 Å². The molecule has 92 valence electrons. The summed E-state index contributed by atoms with van der Waals surface area (Å²) in [6, 6.07) is 7.62. The first kappa shape index (κ1) is 11.6. The van der Waals surface area contributed by atoms with Gasteiger partial charge in [0.1, 0.15) is 0 Å². The molecule has 17 heavy (non-hydrogen) atoms. The molecule has 0 spiro atoms. The van der Waals surface area contributed by atoms with Gasteiger partial charge in [-0.15, -0.1) is 11.8 Å². The molecule has 0 saturated carbocycles. The molecule has 1 fully saturated rings. The number of nitrogens with one attached hydrogen (secondary N) is 1. The Hall–Kier alpha value is -0.470. The third-order valence-electron chi connectivity index (χ3n) is 4.37. The molecule has 1 aromatic rings. The van der Waals surface area contributed by atoms with Crippen molar-refractivity contribution >= 4 is 11.8 Å². The van der Waals surface area contributed by atoms with E-state index < -0.39 is 0 Å². The molecule has 0 bridgehead atoms. The lowest BCUT2D eigenvalue weighted by Gasteiger charge is -2.30. The summed E-state index contributed by atoms with van der Waals surface area (Å²) in [6.45, 7) is 1.23. The molecule has 2 atom stereocenters. The molecular weight excluding hydrogens is 226 g/mol. The topological polar surface area (TPSA) is 12.0 Å². The van der Waals surface area contributed by atoms with Crippen molar-refractivity contribution in [3.8, 4) is 0 Å². The Balaban J connectivity index is 1.83. The molecule has 3 rings (SSSR count). The fraction of sp³-hybridized carbons (Fsp3) is 0.600. The van der Waals surface area contributed by atoms with Gasteiger partial charge in [0, 0.05) is 10.9 Å². The van der Waals surface area contributed by atoms with E-state index >= 15 is 0 Å². The number of benzene rings is 1. The summed E-state index contributed by atoms with van der Waals surface area (Å²) in [6.07, 6.45) is 8.92. The molecule has 2 heteroatoms. The smallest absolute Gasteiger partial charge is 0.0104 e. The second-order valence-corrected chi connectivity index (χ2v) is 6.15. The van der Waals surface area contributed by atoms with Crippen molar-refractivity contribution in [1.82, 2.24) is 5.32 Å². The molecule has 0 radical (unpaired) electrons. The number of hydrogen-bond acceptors (Lipinski definition) is 2. The van der Waals surface area contributed by atoms with Crippen molar-refractivity contribution in [1.29, 1.82) is 0 Å². The zero-order valence-electron chi connectivity index (χ0n) is 10.5. The Labute approximate surface area is 108 Å². The normalized spacial score (nSPS) is 28.1. The maximum Gasteiger partial charge on any atom is 0.0104 e. The molecule has 1 nitrogen and oxygen atoms in total. The molecule has 1 aromatic carbocycles. The number of hydrogen-bond donors (Lipinski definition) is 1. The molecule has 0 aromatic heterocycles. The van der Waals surface area contributed by atoms with Crippen molar-refractivity contribution in [2.45, 2.75) is 43.0 Å². The van der Waals surface area contributed by atoms with Crippen molar-refractivity contribution in [3.05, 3.63) is 29.3 Å². The highest BCUT2D eigenvalue weighted by atomic mass is 32.2. The predicted molar refractivity (Wildman–Crippen MR) is 74.8 cm³/mol. The minimum atomic E-state index is 0.790. The van der Waals surface area contributed by atoms with Crippen LogP contribution in [0.1, 0.15) is 30.4 Å². The van der Waals surface area contributed by atoms with Crippen LogP contribution in [0.5, 0.6) is 0 Å². The standard InChI is InChI=1S/C15H21NS/c1-17-15-6-2-4-11-7-8-12(10-13(11)15)14-5-3-9-16-14/h2,4,6,12,14,16H,3,5,7-10H2,1H3. The molecule has 1 saturated heterocycles. The van der Waals surface area contributed by atoms with Crippen LogP contribution in [0, 0.1) is 5.92 Å². The van der Waals surface area contributed by atoms with Crippen LogP contribution >= 0.6 is 11.8 Å². The average molecular weight is 247 g/mol. The Morgan fingerprint density at radius 1 is 1.29 bits per heavy atom. The van der Waals surface area contributed by atoms with Crippen LogP contribution in [0.15, 0.2) is 23.1 Å². The van der Waals surface area contributed by atoms with E-state index in [0.29, 0.717) is 0 Å². The summed E-state index contributed by atoms with van der Waals surface area (Å²) in [4.78, 5) is 1.50. The van der Waals surface area contributed by atoms with Gasteiger partial charge in [-0.3, -0.25) is 0 Å². The van der Waals surface area contributed by atoms with Crippen molar-refractivity contribution < 1.29 is 0 Å². The van der Waals surface area contributed by atoms with Gasteiger partial charge in [0.05, 0.1) is 0 Å². The number of rotatable bonds is 2. The fourth-order valence-corrected chi connectivity index (χ4v) is 4.11. The summed E-state index contributed by atoms with van der Waals surface area (Å²) in [5.74, 6) is 0.873. The maximum atomic E-state index is 3.69. The lowest BCUT2D eigenvalue weighted by Crippen LogP contribution is -2.34. The van der Waals surface area contributed by atoms with Gasteiger partial charge in [-0.25, -0.2) is 0 Å². The van der Waals surface area contributed by atoms with E-state index in [0.717, 1.165) is 12.0 Å². The van der Waals surface area contributed by atoms with Crippen molar-refractivity contribution in [3.63, 3.8) is 0 Å². The highest BCUT2D eigenvalue weighted by molar-refractivity contribution is 7.98. The molecule has 2 aliphatic rings. The molecule has 1 aliphatic heterocycles. The molecule has 2 unspecified atom stereocenters. The maximum absolute atomic E-state index is 3.69. The third kappa shape index (κ3) is 2.25. The first-order chi connectivity index (χ1) is 8.38. The summed E-state index contributed by atoms with van der Waals surface area (Å²) in [7, 11) is 0. The van der Waals surface area contributed by atoms with Gasteiger partial charge >= 0.3 is 0 Å². The van der Waals surface area contributed by atoms with Gasteiger partial charge in [-0.2, -0.15) is 0 Å². The SMILES string of the molecule is CSc1cccc2c1CC(C1CCCN1)CC2. The zero-order valence-corrected chi connectivity index (χ0v) is 11.4. The molecule has 0 amide bonds. The Kier molecular flexibility index (Phi) is 3.44. The monoisotopic (exact) mass is 247 g/mol. The average Bonchev–Trinajstić information content (AvgIpc) is 2.91. The first-order valence-electron chi connectivity index (χ1n) is 6.76. The summed E-state index contributed by atoms with van der Waals surface area (Å²) >= 11 is 1.91. The molecule has 1 aliphatic carbocycles. The van der Waals surface area contributed by atoms with E-state index in [1.807, 2.05) is 11.8 Å². The van der Waals surface area contributed by atoms with Crippen LogP contribution < -0.4 is 5.32 Å². The summed E-state index contributed by atoms with van der Waals surface area (Å²) in [5, 5.41) is 3.69. The predicted octanol–water partition coefficient (Wildman–Crippen LogP) is 3.27. The second-order valence-electron chi connectivity index (χ2n) is 5.30. The van der Waals surface area contributed by atoms with Crippen LogP contribution in [-0.2, 0) is 12.8 Å². The van der Waals surface area contributed by atoms with Crippen molar-refractivity contribution in [2.75, 3.05) is 12.8 Å². The minimum absolute atomic E-state index is 0.790. The van der Waals surface area contributed by atoms with E-state index in [9.17, 15) is 0 Å². The highest BCUT2D eigenvalue weighted by Gasteiger charge is 2.28. The summed E-state index contributed by atoms with van der Waals surface area (Å²) in [5.41, 5.74) is 3.25. The quantitative estimate of drug-likeness (QED) is 0.805. The number of fused-ring (bicyclic) bond motifs is 1. The second kappa shape index (κ2) is 5.03. The van der Waals surface area contributed by atoms with Crippen LogP contribution in [0.25, 0.3) is 0 Å². The van der Waals surface area contributed by atoms with E-state index in [1.165, 1.54) is 43.5 Å². The van der Waals surface area contributed by atoms with Crippen molar-refractivity contribution in [2.24, 2.45) is 5.92 Å². The van der Waals surface area contributed by atoms with Crippen LogP contribution in [0.4, 0.5) is 0 Å². The van der Waals surface area contributed by atoms with Gasteiger partial charge in [0.2, 0.25) is 0 Å². The molecule has 1 N–H and O–H groups in total. The Bertz CT molecular complexity index is 382. The molecule has 1 heterocycles. The van der Waals surface area contributed by atoms with E-state index in [-0.39, 0.29) is 0 Å². The minimum Gasteiger partial charge on any atom is -0.314 e. The lowest BCUT2D eigenvalue weighted by atomic mass is 9.79. The Morgan fingerprint density at radius 3 is 3.00 bits per heavy atom. The summed E-state index contributed by atoms with van der Waals surface area (Å²) < 4.78 is 0. The van der Waals surface area contributed by atoms with Crippen LogP contribution in [0.3, 0.4) is 0 Å². The van der Waals surface area contributed by atoms with Gasteiger partial charge in [0.25, 0.3) is 0 Å². The lowest BCUT2D eigenvalue weighted by molar-refractivity contribution is 0.347. The third-order valence-corrected chi connectivity index (χ3v) is 5.19. The van der Waals surface area contributed by atoms with E-state index in [2.05, 4.69) is 29.8 Å². The Morgan fingerprint density at radius 2 is 2.24 bits per heavy atom. The number of thioether (sulfide) groups is 1. The van der Waals surface area contributed by atoms with E-state index in [1.54, 1.807) is 11.1 Å². The zero-order chi connectivity index (χ0) is 11.7. The van der Waals surface area contributed by atoms with Gasteiger partial charge in [-0.1, -0.05) is 12.1 Å². The number of aryl methyl sites for hydroxylation is 1. The van der Waals surface area contributed by atoms with Crippen LogP contribution in [0.2, 0.25) is 0 Å². The largest absolute Gasteiger partial charge is 0.314 e. The van der Waals surface area contributed by atoms with Crippen LogP contribution in [-0.4, -0.2) is 18.8 Å². The fourth-order valence-electron chi connectivity index (χ4n) is 3.43.